The van der Waals surface area contributed by atoms with Crippen LogP contribution in [-0.4, -0.2) is 34.9 Å². The molecule has 0 unspecified atom stereocenters. The topological polar surface area (TPSA) is 45.2 Å². The summed E-state index contributed by atoms with van der Waals surface area (Å²) in [5, 5.41) is 5.65. The van der Waals surface area contributed by atoms with E-state index in [9.17, 15) is 4.79 Å². The number of nitrogens with one attached hydrogen (secondary N) is 1. The maximum absolute atomic E-state index is 12.0. The molecule has 2 atom stereocenters. The van der Waals surface area contributed by atoms with Crippen LogP contribution in [0.15, 0.2) is 10.9 Å². The van der Waals surface area contributed by atoms with Crippen LogP contribution in [0, 0.1) is 11.8 Å². The molecule has 0 aromatic carbocycles. The van der Waals surface area contributed by atoms with Crippen LogP contribution in [0.1, 0.15) is 32.9 Å². The molecule has 0 spiro atoms. The van der Waals surface area contributed by atoms with Crippen LogP contribution in [0.25, 0.3) is 0 Å². The van der Waals surface area contributed by atoms with E-state index in [2.05, 4.69) is 22.6 Å². The summed E-state index contributed by atoms with van der Waals surface area (Å²) in [5.41, 5.74) is 2.97. The van der Waals surface area contributed by atoms with Crippen LogP contribution in [-0.2, 0) is 11.3 Å². The molecule has 0 aliphatic carbocycles. The van der Waals surface area contributed by atoms with Crippen LogP contribution in [0.4, 0.5) is 0 Å². The van der Waals surface area contributed by atoms with Gasteiger partial charge >= 0.3 is 0 Å². The molecule has 1 aromatic heterocycles. The lowest BCUT2D eigenvalue weighted by Crippen LogP contribution is -2.50. The standard InChI is InChI=1S/C14H23N3OS/c1-10(2)14(18)17-5-4-13(11(3)7-17)15-6-12-8-19-9-16-12/h8-11,13,15H,4-7H2,1-3H3/t11-,13-/m0/s1. The highest BCUT2D eigenvalue weighted by atomic mass is 32.1. The molecule has 1 aromatic rings. The first kappa shape index (κ1) is 14.5. The van der Waals surface area contributed by atoms with Crippen LogP contribution >= 0.6 is 11.3 Å². The summed E-state index contributed by atoms with van der Waals surface area (Å²) < 4.78 is 0. The Balaban J connectivity index is 1.81. The van der Waals surface area contributed by atoms with E-state index in [1.54, 1.807) is 11.3 Å². The fourth-order valence-corrected chi connectivity index (χ4v) is 3.13. The maximum atomic E-state index is 12.0. The quantitative estimate of drug-likeness (QED) is 0.919. The summed E-state index contributed by atoms with van der Waals surface area (Å²) >= 11 is 1.63. The van der Waals surface area contributed by atoms with Gasteiger partial charge in [-0.2, -0.15) is 0 Å². The lowest BCUT2D eigenvalue weighted by Gasteiger charge is -2.38. The number of hydrogen-bond donors (Lipinski definition) is 1. The second kappa shape index (κ2) is 6.48. The Kier molecular flexibility index (Phi) is 4.93. The summed E-state index contributed by atoms with van der Waals surface area (Å²) in [6.07, 6.45) is 1.03. The molecule has 106 valence electrons. The smallest absolute Gasteiger partial charge is 0.225 e. The molecule has 2 rings (SSSR count). The average molecular weight is 281 g/mol. The van der Waals surface area contributed by atoms with Gasteiger partial charge in [0.15, 0.2) is 0 Å². The molecule has 1 amide bonds. The average Bonchev–Trinajstić information content (AvgIpc) is 2.89. The Bertz CT molecular complexity index is 405. The molecular weight excluding hydrogens is 258 g/mol. The number of aromatic nitrogens is 1. The van der Waals surface area contributed by atoms with Crippen molar-refractivity contribution in [3.05, 3.63) is 16.6 Å². The highest BCUT2D eigenvalue weighted by Crippen LogP contribution is 2.19. The Morgan fingerprint density at radius 3 is 3.00 bits per heavy atom. The monoisotopic (exact) mass is 281 g/mol. The van der Waals surface area contributed by atoms with Crippen molar-refractivity contribution in [1.82, 2.24) is 15.2 Å². The van der Waals surface area contributed by atoms with Crippen molar-refractivity contribution in [1.29, 1.82) is 0 Å². The number of rotatable bonds is 4. The number of carbonyl (C=O) groups is 1. The van der Waals surface area contributed by atoms with Gasteiger partial charge in [0.2, 0.25) is 5.91 Å². The van der Waals surface area contributed by atoms with E-state index in [-0.39, 0.29) is 11.8 Å². The van der Waals surface area contributed by atoms with Crippen LogP contribution < -0.4 is 5.32 Å². The van der Waals surface area contributed by atoms with E-state index in [1.165, 1.54) is 0 Å². The first-order valence-corrected chi connectivity index (χ1v) is 7.91. The number of likely N-dealkylation sites (tertiary alicyclic amines) is 1. The predicted molar refractivity (Wildman–Crippen MR) is 77.9 cm³/mol. The van der Waals surface area contributed by atoms with Gasteiger partial charge in [-0.05, 0) is 12.3 Å². The van der Waals surface area contributed by atoms with Crippen molar-refractivity contribution >= 4 is 17.2 Å². The fourth-order valence-electron chi connectivity index (χ4n) is 2.57. The van der Waals surface area contributed by atoms with Gasteiger partial charge in [-0.1, -0.05) is 20.8 Å². The zero-order chi connectivity index (χ0) is 13.8. The molecule has 19 heavy (non-hydrogen) atoms. The van der Waals surface area contributed by atoms with Crippen molar-refractivity contribution in [3.63, 3.8) is 0 Å². The van der Waals surface area contributed by atoms with Crippen LogP contribution in [0.5, 0.6) is 0 Å². The first-order chi connectivity index (χ1) is 9.08. The van der Waals surface area contributed by atoms with Gasteiger partial charge in [0.25, 0.3) is 0 Å². The Labute approximate surface area is 119 Å². The zero-order valence-corrected chi connectivity index (χ0v) is 12.7. The van der Waals surface area contributed by atoms with E-state index in [0.717, 1.165) is 31.7 Å². The van der Waals surface area contributed by atoms with E-state index < -0.39 is 0 Å². The van der Waals surface area contributed by atoms with Gasteiger partial charge in [0.1, 0.15) is 0 Å². The van der Waals surface area contributed by atoms with Crippen molar-refractivity contribution in [2.75, 3.05) is 13.1 Å². The summed E-state index contributed by atoms with van der Waals surface area (Å²) in [5.74, 6) is 0.881. The second-order valence-electron chi connectivity index (χ2n) is 5.67. The molecule has 0 radical (unpaired) electrons. The molecular formula is C14H23N3OS. The van der Waals surface area contributed by atoms with Gasteiger partial charge in [-0.25, -0.2) is 4.98 Å². The number of carbonyl (C=O) groups excluding carboxylic acids is 1. The molecule has 1 fully saturated rings. The number of amides is 1. The number of nitrogens with zero attached hydrogens (tertiary/aromatic N) is 2. The Morgan fingerprint density at radius 1 is 1.63 bits per heavy atom. The van der Waals surface area contributed by atoms with Crippen LogP contribution in [0.3, 0.4) is 0 Å². The highest BCUT2D eigenvalue weighted by Gasteiger charge is 2.29. The maximum Gasteiger partial charge on any atom is 0.225 e. The highest BCUT2D eigenvalue weighted by molar-refractivity contribution is 7.07. The van der Waals surface area contributed by atoms with Crippen molar-refractivity contribution in [3.8, 4) is 0 Å². The minimum atomic E-state index is 0.103. The first-order valence-electron chi connectivity index (χ1n) is 6.97. The van der Waals surface area contributed by atoms with E-state index in [4.69, 9.17) is 0 Å². The van der Waals surface area contributed by atoms with Gasteiger partial charge in [-0.3, -0.25) is 4.79 Å². The summed E-state index contributed by atoms with van der Waals surface area (Å²) in [7, 11) is 0. The molecule has 1 aliphatic heterocycles. The third-order valence-electron chi connectivity index (χ3n) is 3.74. The molecule has 1 aliphatic rings. The fraction of sp³-hybridized carbons (Fsp3) is 0.714. The molecule has 0 saturated carbocycles. The number of piperidine rings is 1. The third-order valence-corrected chi connectivity index (χ3v) is 4.37. The zero-order valence-electron chi connectivity index (χ0n) is 11.9. The van der Waals surface area contributed by atoms with Crippen molar-refractivity contribution in [2.24, 2.45) is 11.8 Å². The van der Waals surface area contributed by atoms with E-state index in [1.807, 2.05) is 24.3 Å². The Hall–Kier alpha value is -0.940. The van der Waals surface area contributed by atoms with E-state index in [0.29, 0.717) is 12.0 Å². The molecule has 4 nitrogen and oxygen atoms in total. The van der Waals surface area contributed by atoms with Crippen molar-refractivity contribution < 1.29 is 4.79 Å². The molecule has 1 N–H and O–H groups in total. The summed E-state index contributed by atoms with van der Waals surface area (Å²) in [6, 6.07) is 0.484. The summed E-state index contributed by atoms with van der Waals surface area (Å²) in [6.45, 7) is 8.73. The lowest BCUT2D eigenvalue weighted by atomic mass is 9.93. The number of hydrogen-bond acceptors (Lipinski definition) is 4. The van der Waals surface area contributed by atoms with Gasteiger partial charge < -0.3 is 10.2 Å². The third kappa shape index (κ3) is 3.76. The molecule has 1 saturated heterocycles. The van der Waals surface area contributed by atoms with E-state index >= 15 is 0 Å². The lowest BCUT2D eigenvalue weighted by molar-refractivity contribution is -0.136. The minimum Gasteiger partial charge on any atom is -0.342 e. The van der Waals surface area contributed by atoms with Gasteiger partial charge in [0, 0.05) is 37.0 Å². The predicted octanol–water partition coefficient (Wildman–Crippen LogP) is 2.13. The number of thiazole rings is 1. The van der Waals surface area contributed by atoms with Gasteiger partial charge in [-0.15, -0.1) is 11.3 Å². The van der Waals surface area contributed by atoms with Crippen LogP contribution in [0.2, 0.25) is 0 Å². The van der Waals surface area contributed by atoms with Gasteiger partial charge in [0.05, 0.1) is 11.2 Å². The SMILES string of the molecule is CC(C)C(=O)N1CC[C@H](NCc2cscn2)[C@@H](C)C1. The largest absolute Gasteiger partial charge is 0.342 e. The minimum absolute atomic E-state index is 0.103. The van der Waals surface area contributed by atoms with Crippen molar-refractivity contribution in [2.45, 2.75) is 39.8 Å². The summed E-state index contributed by atoms with van der Waals surface area (Å²) in [4.78, 5) is 18.3. The Morgan fingerprint density at radius 2 is 2.42 bits per heavy atom. The normalized spacial score (nSPS) is 23.9. The molecule has 2 heterocycles. The molecule has 0 bridgehead atoms. The second-order valence-corrected chi connectivity index (χ2v) is 6.39. The molecule has 5 heteroatoms.